The van der Waals surface area contributed by atoms with Crippen LogP contribution >= 0.6 is 0 Å². The molecular formula is C23H33FN2O2. The summed E-state index contributed by atoms with van der Waals surface area (Å²) in [7, 11) is 0. The smallest absolute Gasteiger partial charge is 0.225 e. The van der Waals surface area contributed by atoms with Gasteiger partial charge in [-0.2, -0.15) is 0 Å². The van der Waals surface area contributed by atoms with Gasteiger partial charge in [0.1, 0.15) is 5.82 Å². The summed E-state index contributed by atoms with van der Waals surface area (Å²) in [4.78, 5) is 26.1. The molecule has 154 valence electrons. The molecule has 1 aromatic carbocycles. The van der Waals surface area contributed by atoms with Gasteiger partial charge in [-0.1, -0.05) is 39.8 Å². The van der Waals surface area contributed by atoms with E-state index in [1.54, 1.807) is 6.07 Å². The Morgan fingerprint density at radius 2 is 1.82 bits per heavy atom. The van der Waals surface area contributed by atoms with Crippen molar-refractivity contribution in [1.82, 2.24) is 10.2 Å². The van der Waals surface area contributed by atoms with E-state index >= 15 is 0 Å². The molecule has 2 aliphatic rings. The van der Waals surface area contributed by atoms with Crippen molar-refractivity contribution < 1.29 is 14.0 Å². The van der Waals surface area contributed by atoms with Gasteiger partial charge in [0, 0.05) is 31.5 Å². The lowest BCUT2D eigenvalue weighted by Crippen LogP contribution is -2.51. The summed E-state index contributed by atoms with van der Waals surface area (Å²) < 4.78 is 14.2. The van der Waals surface area contributed by atoms with Gasteiger partial charge in [0.25, 0.3) is 0 Å². The number of amides is 2. The second kappa shape index (κ2) is 8.22. The van der Waals surface area contributed by atoms with Crippen LogP contribution in [0.15, 0.2) is 18.2 Å². The maximum absolute atomic E-state index is 14.2. The molecule has 1 saturated heterocycles. The fourth-order valence-corrected chi connectivity index (χ4v) is 4.33. The first-order chi connectivity index (χ1) is 13.2. The summed E-state index contributed by atoms with van der Waals surface area (Å²) in [6.45, 7) is 9.45. The average molecular weight is 389 g/mol. The number of rotatable bonds is 4. The lowest BCUT2D eigenvalue weighted by molar-refractivity contribution is -0.141. The van der Waals surface area contributed by atoms with E-state index in [-0.39, 0.29) is 35.0 Å². The molecule has 0 unspecified atom stereocenters. The van der Waals surface area contributed by atoms with Gasteiger partial charge in [-0.15, -0.1) is 0 Å². The number of nitrogens with zero attached hydrogens (tertiary/aromatic N) is 1. The molecular weight excluding hydrogens is 355 g/mol. The van der Waals surface area contributed by atoms with E-state index in [1.807, 2.05) is 44.7 Å². The number of benzene rings is 1. The van der Waals surface area contributed by atoms with Crippen LogP contribution in [0.1, 0.15) is 76.8 Å². The molecule has 0 bridgehead atoms. The number of carbonyl (C=O) groups excluding carboxylic acids is 2. The molecule has 1 aromatic rings. The van der Waals surface area contributed by atoms with Crippen LogP contribution in [-0.4, -0.2) is 35.8 Å². The largest absolute Gasteiger partial charge is 0.353 e. The van der Waals surface area contributed by atoms with Crippen molar-refractivity contribution in [2.45, 2.75) is 77.2 Å². The molecule has 1 N–H and O–H groups in total. The minimum atomic E-state index is -0.218. The topological polar surface area (TPSA) is 49.4 Å². The molecule has 2 amide bonds. The van der Waals surface area contributed by atoms with Crippen molar-refractivity contribution >= 4 is 11.8 Å². The predicted molar refractivity (Wildman–Crippen MR) is 109 cm³/mol. The first-order valence-electron chi connectivity index (χ1n) is 10.6. The number of halogens is 1. The highest BCUT2D eigenvalue weighted by Crippen LogP contribution is 2.35. The Morgan fingerprint density at radius 1 is 1.18 bits per heavy atom. The second-order valence-electron chi connectivity index (χ2n) is 9.38. The molecule has 5 heteroatoms. The molecule has 1 aliphatic heterocycles. The van der Waals surface area contributed by atoms with Crippen LogP contribution in [0.5, 0.6) is 0 Å². The zero-order valence-electron chi connectivity index (χ0n) is 17.6. The summed E-state index contributed by atoms with van der Waals surface area (Å²) in [6, 6.07) is 5.67. The zero-order chi connectivity index (χ0) is 20.5. The van der Waals surface area contributed by atoms with Crippen LogP contribution in [-0.2, 0) is 15.0 Å². The molecule has 0 aromatic heterocycles. The number of piperidine rings is 1. The van der Waals surface area contributed by atoms with E-state index < -0.39 is 0 Å². The van der Waals surface area contributed by atoms with E-state index in [0.29, 0.717) is 12.3 Å². The third-order valence-corrected chi connectivity index (χ3v) is 6.25. The molecule has 28 heavy (non-hydrogen) atoms. The first-order valence-corrected chi connectivity index (χ1v) is 10.6. The zero-order valence-corrected chi connectivity index (χ0v) is 17.6. The standard InChI is InChI=1S/C23H33FN2O2/c1-5-21(27)25-18-12-17(13-18)22(28)26-10-8-15(9-11-26)16-6-7-20(24)19(14-16)23(2,3)4/h6-7,14-15,17-18H,5,8-13H2,1-4H3,(H,25,27). The SMILES string of the molecule is CCC(=O)NC1CC(C(=O)N2CCC(c3ccc(F)c(C(C)(C)C)c3)CC2)C1. The van der Waals surface area contributed by atoms with Crippen molar-refractivity contribution in [1.29, 1.82) is 0 Å². The van der Waals surface area contributed by atoms with Crippen LogP contribution in [0.4, 0.5) is 4.39 Å². The van der Waals surface area contributed by atoms with Crippen LogP contribution in [0.3, 0.4) is 0 Å². The average Bonchev–Trinajstić information content (AvgIpc) is 2.63. The summed E-state index contributed by atoms with van der Waals surface area (Å²) >= 11 is 0. The molecule has 3 rings (SSSR count). The maximum Gasteiger partial charge on any atom is 0.225 e. The molecule has 0 radical (unpaired) electrons. The van der Waals surface area contributed by atoms with Crippen LogP contribution in [0.2, 0.25) is 0 Å². The number of carbonyl (C=O) groups is 2. The minimum absolute atomic E-state index is 0.0528. The Kier molecular flexibility index (Phi) is 6.11. The first kappa shape index (κ1) is 20.8. The van der Waals surface area contributed by atoms with Gasteiger partial charge in [-0.25, -0.2) is 4.39 Å². The Morgan fingerprint density at radius 3 is 2.39 bits per heavy atom. The third kappa shape index (κ3) is 4.56. The van der Waals surface area contributed by atoms with Crippen LogP contribution in [0.25, 0.3) is 0 Å². The maximum atomic E-state index is 14.2. The van der Waals surface area contributed by atoms with Gasteiger partial charge >= 0.3 is 0 Å². The quantitative estimate of drug-likeness (QED) is 0.843. The lowest BCUT2D eigenvalue weighted by atomic mass is 9.78. The van der Waals surface area contributed by atoms with Crippen LogP contribution < -0.4 is 5.32 Å². The molecule has 1 aliphatic carbocycles. The number of hydrogen-bond acceptors (Lipinski definition) is 2. The number of hydrogen-bond donors (Lipinski definition) is 1. The fraction of sp³-hybridized carbons (Fsp3) is 0.652. The van der Waals surface area contributed by atoms with E-state index in [2.05, 4.69) is 5.32 Å². The molecule has 1 heterocycles. The van der Waals surface area contributed by atoms with Gasteiger partial charge in [0.2, 0.25) is 11.8 Å². The Balaban J connectivity index is 1.53. The van der Waals surface area contributed by atoms with Gasteiger partial charge in [0.05, 0.1) is 0 Å². The summed E-state index contributed by atoms with van der Waals surface area (Å²) in [5.74, 6) is 0.583. The highest BCUT2D eigenvalue weighted by molar-refractivity contribution is 5.81. The van der Waals surface area contributed by atoms with E-state index in [1.165, 1.54) is 5.56 Å². The van der Waals surface area contributed by atoms with Gasteiger partial charge in [0.15, 0.2) is 0 Å². The van der Waals surface area contributed by atoms with E-state index in [9.17, 15) is 14.0 Å². The Labute approximate surface area is 167 Å². The Bertz CT molecular complexity index is 727. The second-order valence-corrected chi connectivity index (χ2v) is 9.38. The van der Waals surface area contributed by atoms with Crippen molar-refractivity contribution in [3.05, 3.63) is 35.1 Å². The molecule has 0 atom stereocenters. The minimum Gasteiger partial charge on any atom is -0.353 e. The molecule has 2 fully saturated rings. The fourth-order valence-electron chi connectivity index (χ4n) is 4.33. The molecule has 4 nitrogen and oxygen atoms in total. The van der Waals surface area contributed by atoms with Crippen molar-refractivity contribution in [2.24, 2.45) is 5.92 Å². The van der Waals surface area contributed by atoms with Gasteiger partial charge < -0.3 is 10.2 Å². The highest BCUT2D eigenvalue weighted by atomic mass is 19.1. The van der Waals surface area contributed by atoms with E-state index in [0.717, 1.165) is 44.3 Å². The summed E-state index contributed by atoms with van der Waals surface area (Å²) in [5.41, 5.74) is 1.73. The van der Waals surface area contributed by atoms with Gasteiger partial charge in [-0.3, -0.25) is 9.59 Å². The third-order valence-electron chi connectivity index (χ3n) is 6.25. The van der Waals surface area contributed by atoms with Crippen molar-refractivity contribution in [2.75, 3.05) is 13.1 Å². The van der Waals surface area contributed by atoms with E-state index in [4.69, 9.17) is 0 Å². The lowest BCUT2D eigenvalue weighted by Gasteiger charge is -2.40. The van der Waals surface area contributed by atoms with Crippen molar-refractivity contribution in [3.8, 4) is 0 Å². The summed E-state index contributed by atoms with van der Waals surface area (Å²) in [5, 5.41) is 2.96. The molecule has 1 saturated carbocycles. The van der Waals surface area contributed by atoms with Gasteiger partial charge in [-0.05, 0) is 54.2 Å². The number of likely N-dealkylation sites (tertiary alicyclic amines) is 1. The predicted octanol–water partition coefficient (Wildman–Crippen LogP) is 4.13. The highest BCUT2D eigenvalue weighted by Gasteiger charge is 2.38. The summed E-state index contributed by atoms with van der Waals surface area (Å²) in [6.07, 6.45) is 3.85. The normalized spacial score (nSPS) is 23.2. The Hall–Kier alpha value is -1.91. The number of nitrogens with one attached hydrogen (secondary N) is 1. The van der Waals surface area contributed by atoms with Crippen molar-refractivity contribution in [3.63, 3.8) is 0 Å². The monoisotopic (exact) mass is 388 g/mol. The van der Waals surface area contributed by atoms with Crippen LogP contribution in [0, 0.1) is 11.7 Å². The molecule has 0 spiro atoms.